The molecule has 2 aliphatic heterocycles. The average Bonchev–Trinajstić information content (AvgIpc) is 2.72. The van der Waals surface area contributed by atoms with Gasteiger partial charge in [-0.3, -0.25) is 10.9 Å². The van der Waals surface area contributed by atoms with E-state index in [1.54, 1.807) is 24.3 Å². The monoisotopic (exact) mass is 358 g/mol. The lowest BCUT2D eigenvalue weighted by molar-refractivity contribution is 0.464. The number of dihydropyridines is 1. The maximum absolute atomic E-state index is 10.2. The van der Waals surface area contributed by atoms with Crippen LogP contribution in [0.2, 0.25) is 0 Å². The number of rotatable bonds is 3. The highest BCUT2D eigenvalue weighted by Gasteiger charge is 2.23. The summed E-state index contributed by atoms with van der Waals surface area (Å²) in [5, 5.41) is 25.6. The lowest BCUT2D eigenvalue weighted by atomic mass is 10.1. The van der Waals surface area contributed by atoms with Gasteiger partial charge in [-0.05, 0) is 30.4 Å². The largest absolute Gasteiger partial charge is 0.508 e. The van der Waals surface area contributed by atoms with Gasteiger partial charge in [0.1, 0.15) is 11.6 Å². The number of aromatic hydroxyl groups is 1. The first kappa shape index (κ1) is 16.5. The number of anilines is 1. The van der Waals surface area contributed by atoms with Gasteiger partial charge >= 0.3 is 0 Å². The van der Waals surface area contributed by atoms with Gasteiger partial charge in [-0.1, -0.05) is 30.3 Å². The van der Waals surface area contributed by atoms with E-state index in [0.29, 0.717) is 23.5 Å². The van der Waals surface area contributed by atoms with Crippen molar-refractivity contribution in [3.8, 4) is 11.8 Å². The molecule has 0 saturated heterocycles. The van der Waals surface area contributed by atoms with E-state index >= 15 is 0 Å². The molecular weight excluding hydrogens is 340 g/mol. The van der Waals surface area contributed by atoms with Crippen molar-refractivity contribution in [2.45, 2.75) is 6.17 Å². The number of nitriles is 1. The van der Waals surface area contributed by atoms with Gasteiger partial charge in [-0.15, -0.1) is 0 Å². The number of nitrogens with zero attached hydrogens (tertiary/aromatic N) is 2. The zero-order chi connectivity index (χ0) is 18.6. The number of allylic oxidation sites excluding steroid dienone is 2. The number of amidine groups is 1. The Kier molecular flexibility index (Phi) is 4.37. The van der Waals surface area contributed by atoms with E-state index in [1.807, 2.05) is 36.4 Å². The fourth-order valence-corrected chi connectivity index (χ4v) is 2.94. The van der Waals surface area contributed by atoms with Crippen molar-refractivity contribution in [2.24, 2.45) is 4.99 Å². The zero-order valence-corrected chi connectivity index (χ0v) is 14.4. The summed E-state index contributed by atoms with van der Waals surface area (Å²) >= 11 is 0. The standard InChI is InChI=1S/C20H18N6O/c21-11-13-9-10-18(22-12-13)25-26-20-14-5-1-3-7-16(14)23-19(24-20)15-6-2-4-8-17(15)27/h1-10,19,22-23,25,27H,12H2,(H,24,26). The van der Waals surface area contributed by atoms with Crippen LogP contribution in [0.25, 0.3) is 0 Å². The van der Waals surface area contributed by atoms with Crippen LogP contribution in [-0.2, 0) is 0 Å². The number of nitrogens with one attached hydrogen (secondary N) is 4. The van der Waals surface area contributed by atoms with Crippen LogP contribution in [0.4, 0.5) is 5.69 Å². The fourth-order valence-electron chi connectivity index (χ4n) is 2.94. The maximum Gasteiger partial charge on any atom is 0.151 e. The number of hydrogen-bond donors (Lipinski definition) is 5. The molecule has 0 radical (unpaired) electrons. The smallest absolute Gasteiger partial charge is 0.151 e. The predicted octanol–water partition coefficient (Wildman–Crippen LogP) is 2.25. The van der Waals surface area contributed by atoms with Crippen molar-refractivity contribution >= 4 is 11.5 Å². The van der Waals surface area contributed by atoms with Crippen LogP contribution in [-0.4, -0.2) is 17.5 Å². The van der Waals surface area contributed by atoms with Gasteiger partial charge in [0.2, 0.25) is 0 Å². The number of benzene rings is 2. The Labute approximate surface area is 156 Å². The summed E-state index contributed by atoms with van der Waals surface area (Å²) in [6, 6.07) is 17.1. The highest BCUT2D eigenvalue weighted by atomic mass is 16.3. The highest BCUT2D eigenvalue weighted by molar-refractivity contribution is 6.04. The fraction of sp³-hybridized carbons (Fsp3) is 0.100. The Balaban J connectivity index is 1.60. The third-order valence-corrected chi connectivity index (χ3v) is 4.34. The van der Waals surface area contributed by atoms with Crippen LogP contribution >= 0.6 is 0 Å². The minimum absolute atomic E-state index is 0.191. The number of phenolic OH excluding ortho intramolecular Hbond substituents is 1. The Morgan fingerprint density at radius 1 is 1.07 bits per heavy atom. The number of hydrazine groups is 1. The Bertz CT molecular complexity index is 1000. The minimum atomic E-state index is -0.413. The molecule has 4 rings (SSSR count). The topological polar surface area (TPSA) is 104 Å². The van der Waals surface area contributed by atoms with E-state index in [1.165, 1.54) is 0 Å². The van der Waals surface area contributed by atoms with Crippen LogP contribution in [0.3, 0.4) is 0 Å². The number of para-hydroxylation sites is 2. The molecule has 0 amide bonds. The van der Waals surface area contributed by atoms with Crippen LogP contribution in [0.15, 0.2) is 77.1 Å². The van der Waals surface area contributed by atoms with Gasteiger partial charge in [0, 0.05) is 22.4 Å². The zero-order valence-electron chi connectivity index (χ0n) is 14.4. The molecule has 0 spiro atoms. The summed E-state index contributed by atoms with van der Waals surface area (Å²) in [5.74, 6) is 1.58. The second-order valence-electron chi connectivity index (χ2n) is 6.12. The van der Waals surface area contributed by atoms with Gasteiger partial charge < -0.3 is 15.7 Å². The third kappa shape index (κ3) is 3.41. The van der Waals surface area contributed by atoms with E-state index in [4.69, 9.17) is 10.3 Å². The lowest BCUT2D eigenvalue weighted by Gasteiger charge is -2.27. The van der Waals surface area contributed by atoms with Crippen LogP contribution in [0.1, 0.15) is 17.3 Å². The molecule has 0 bridgehead atoms. The molecule has 7 nitrogen and oxygen atoms in total. The summed E-state index contributed by atoms with van der Waals surface area (Å²) in [5.41, 5.74) is 9.43. The normalized spacial score (nSPS) is 17.7. The first-order valence-corrected chi connectivity index (χ1v) is 8.53. The molecule has 0 aliphatic carbocycles. The molecule has 2 aromatic carbocycles. The molecule has 0 aromatic heterocycles. The van der Waals surface area contributed by atoms with Crippen molar-refractivity contribution in [3.05, 3.63) is 83.2 Å². The molecule has 134 valence electrons. The Morgan fingerprint density at radius 2 is 1.89 bits per heavy atom. The van der Waals surface area contributed by atoms with Gasteiger partial charge in [0.25, 0.3) is 0 Å². The quantitative estimate of drug-likeness (QED) is 0.539. The van der Waals surface area contributed by atoms with Gasteiger partial charge in [-0.25, -0.2) is 4.99 Å². The van der Waals surface area contributed by atoms with Crippen LogP contribution in [0, 0.1) is 11.3 Å². The molecular formula is C20H18N6O. The number of hydrogen-bond acceptors (Lipinski definition) is 7. The van der Waals surface area contributed by atoms with E-state index in [0.717, 1.165) is 17.1 Å². The van der Waals surface area contributed by atoms with Crippen LogP contribution in [0.5, 0.6) is 5.75 Å². The summed E-state index contributed by atoms with van der Waals surface area (Å²) in [6.45, 7) is 0.474. The second-order valence-corrected chi connectivity index (χ2v) is 6.12. The first-order valence-electron chi connectivity index (χ1n) is 8.53. The van der Waals surface area contributed by atoms with E-state index in [-0.39, 0.29) is 5.75 Å². The SMILES string of the molecule is N#CC1=CC=C(NNC2=NC(c3ccccc3O)Nc3ccccc32)NC1. The van der Waals surface area contributed by atoms with Crippen molar-refractivity contribution in [1.82, 2.24) is 16.2 Å². The van der Waals surface area contributed by atoms with Gasteiger partial charge in [0.05, 0.1) is 12.6 Å². The molecule has 7 heteroatoms. The van der Waals surface area contributed by atoms with Crippen molar-refractivity contribution in [3.63, 3.8) is 0 Å². The minimum Gasteiger partial charge on any atom is -0.508 e. The summed E-state index contributed by atoms with van der Waals surface area (Å²) < 4.78 is 0. The van der Waals surface area contributed by atoms with Gasteiger partial charge in [0.15, 0.2) is 12.0 Å². The predicted molar refractivity (Wildman–Crippen MR) is 104 cm³/mol. The molecule has 2 heterocycles. The van der Waals surface area contributed by atoms with Crippen molar-refractivity contribution in [2.75, 3.05) is 11.9 Å². The molecule has 2 aliphatic rings. The molecule has 1 unspecified atom stereocenters. The van der Waals surface area contributed by atoms with Crippen molar-refractivity contribution < 1.29 is 5.11 Å². The van der Waals surface area contributed by atoms with E-state index in [2.05, 4.69) is 27.6 Å². The third-order valence-electron chi connectivity index (χ3n) is 4.34. The number of aliphatic imine (C=N–C) groups is 1. The molecule has 5 N–H and O–H groups in total. The molecule has 0 fully saturated rings. The molecule has 1 atom stereocenters. The van der Waals surface area contributed by atoms with Gasteiger partial charge in [-0.2, -0.15) is 5.26 Å². The van der Waals surface area contributed by atoms with E-state index < -0.39 is 6.17 Å². The molecule has 27 heavy (non-hydrogen) atoms. The average molecular weight is 358 g/mol. The van der Waals surface area contributed by atoms with Crippen LogP contribution < -0.4 is 21.5 Å². The van der Waals surface area contributed by atoms with Crippen molar-refractivity contribution in [1.29, 1.82) is 5.26 Å². The summed E-state index contributed by atoms with van der Waals surface area (Å²) in [7, 11) is 0. The molecule has 2 aromatic rings. The molecule has 0 saturated carbocycles. The van der Waals surface area contributed by atoms with E-state index in [9.17, 15) is 5.11 Å². The number of fused-ring (bicyclic) bond motifs is 1. The lowest BCUT2D eigenvalue weighted by Crippen LogP contribution is -2.44. The Hall–Kier alpha value is -3.92. The maximum atomic E-state index is 10.2. The second kappa shape index (κ2) is 7.14. The highest BCUT2D eigenvalue weighted by Crippen LogP contribution is 2.32. The first-order chi connectivity index (χ1) is 13.2. The number of phenols is 1. The Morgan fingerprint density at radius 3 is 2.67 bits per heavy atom. The summed E-state index contributed by atoms with van der Waals surface area (Å²) in [6.07, 6.45) is 3.15. The summed E-state index contributed by atoms with van der Waals surface area (Å²) in [4.78, 5) is 4.72.